The minimum atomic E-state index is -1.09. The predicted octanol–water partition coefficient (Wildman–Crippen LogP) is 5.80. The molecule has 0 radical (unpaired) electrons. The van der Waals surface area contributed by atoms with E-state index in [2.05, 4.69) is 11.6 Å². The highest BCUT2D eigenvalue weighted by Crippen LogP contribution is 2.20. The Morgan fingerprint density at radius 3 is 2.00 bits per heavy atom. The van der Waals surface area contributed by atoms with Crippen LogP contribution < -0.4 is 0 Å². The number of benzene rings is 3. The third kappa shape index (κ3) is 5.51. The number of ether oxygens (including phenoxy) is 1. The van der Waals surface area contributed by atoms with E-state index in [9.17, 15) is 13.6 Å². The number of nitrogens with zero attached hydrogens (tertiary/aromatic N) is 1. The number of halogens is 2. The minimum absolute atomic E-state index is 0.0518. The predicted molar refractivity (Wildman–Crippen MR) is 118 cm³/mol. The summed E-state index contributed by atoms with van der Waals surface area (Å²) in [5, 5.41) is 0. The molecular weight excluding hydrogens is 396 g/mol. The topological polar surface area (TPSA) is 38.7 Å². The van der Waals surface area contributed by atoms with Gasteiger partial charge in [-0.2, -0.15) is 0 Å². The van der Waals surface area contributed by atoms with Gasteiger partial charge in [0.2, 0.25) is 0 Å². The van der Waals surface area contributed by atoms with Crippen LogP contribution in [0.2, 0.25) is 0 Å². The molecule has 0 aromatic heterocycles. The fraction of sp³-hybridized carbons (Fsp3) is 0.154. The van der Waals surface area contributed by atoms with Crippen molar-refractivity contribution in [1.29, 1.82) is 0 Å². The molecule has 0 aliphatic carbocycles. The second-order valence-corrected chi connectivity index (χ2v) is 7.22. The lowest BCUT2D eigenvalue weighted by Gasteiger charge is -2.16. The fourth-order valence-electron chi connectivity index (χ4n) is 3.14. The molecule has 0 fully saturated rings. The highest BCUT2D eigenvalue weighted by atomic mass is 19.2. The van der Waals surface area contributed by atoms with E-state index in [-0.39, 0.29) is 23.3 Å². The maximum atomic E-state index is 14.5. The first-order valence-electron chi connectivity index (χ1n) is 9.86. The molecule has 0 unspecified atom stereocenters. The highest BCUT2D eigenvalue weighted by molar-refractivity contribution is 6.13. The van der Waals surface area contributed by atoms with Gasteiger partial charge in [-0.15, -0.1) is 0 Å². The van der Waals surface area contributed by atoms with Gasteiger partial charge in [0, 0.05) is 17.5 Å². The van der Waals surface area contributed by atoms with Crippen molar-refractivity contribution in [3.63, 3.8) is 0 Å². The van der Waals surface area contributed by atoms with E-state index in [0.29, 0.717) is 5.71 Å². The van der Waals surface area contributed by atoms with Crippen LogP contribution in [0.4, 0.5) is 8.78 Å². The van der Waals surface area contributed by atoms with Gasteiger partial charge in [0.15, 0.2) is 17.7 Å². The van der Waals surface area contributed by atoms with Gasteiger partial charge in [0.25, 0.3) is 0 Å². The molecule has 3 nitrogen and oxygen atoms in total. The van der Waals surface area contributed by atoms with Gasteiger partial charge >= 0.3 is 5.97 Å². The Morgan fingerprint density at radius 2 is 1.48 bits per heavy atom. The lowest BCUT2D eigenvalue weighted by atomic mass is 10.00. The summed E-state index contributed by atoms with van der Waals surface area (Å²) >= 11 is 0. The monoisotopic (exact) mass is 419 g/mol. The molecular formula is C26H23F2NO2. The van der Waals surface area contributed by atoms with E-state index in [1.807, 2.05) is 60.7 Å². The summed E-state index contributed by atoms with van der Waals surface area (Å²) in [6.45, 7) is 6.62. The minimum Gasteiger partial charge on any atom is -0.430 e. The molecule has 0 aliphatic heterocycles. The summed E-state index contributed by atoms with van der Waals surface area (Å²) in [7, 11) is 0. The third-order valence-corrected chi connectivity index (χ3v) is 4.69. The van der Waals surface area contributed by atoms with E-state index in [1.165, 1.54) is 19.1 Å². The van der Waals surface area contributed by atoms with Gasteiger partial charge in [0.05, 0.1) is 11.5 Å². The van der Waals surface area contributed by atoms with Gasteiger partial charge in [-0.05, 0) is 25.0 Å². The number of carbonyl (C=O) groups is 1. The average Bonchev–Trinajstić information content (AvgIpc) is 2.77. The van der Waals surface area contributed by atoms with Crippen LogP contribution in [0.5, 0.6) is 0 Å². The first kappa shape index (κ1) is 22.1. The molecule has 0 amide bonds. The van der Waals surface area contributed by atoms with Crippen molar-refractivity contribution in [1.82, 2.24) is 0 Å². The molecule has 0 heterocycles. The van der Waals surface area contributed by atoms with Crippen molar-refractivity contribution in [2.24, 2.45) is 4.99 Å². The maximum Gasteiger partial charge on any atom is 0.336 e. The van der Waals surface area contributed by atoms with Crippen LogP contribution in [0.1, 0.15) is 29.2 Å². The Morgan fingerprint density at radius 1 is 0.935 bits per heavy atom. The van der Waals surface area contributed by atoms with Crippen LogP contribution in [-0.4, -0.2) is 17.7 Å². The lowest BCUT2D eigenvalue weighted by Crippen LogP contribution is -2.26. The standard InChI is InChI=1S/C26H23F2NO2/c1-17(2)31-26(30)22(16-21-15-14-18(3)23(27)24(21)28)29-25(19-10-6-4-7-11-19)20-12-8-5-9-13-20/h4-15,22H,1,16H2,2-3H3/t22-/m0/s1. The molecule has 0 saturated heterocycles. The molecule has 3 aromatic rings. The number of esters is 1. The highest BCUT2D eigenvalue weighted by Gasteiger charge is 2.25. The van der Waals surface area contributed by atoms with Crippen molar-refractivity contribution in [3.8, 4) is 0 Å². The second-order valence-electron chi connectivity index (χ2n) is 7.22. The van der Waals surface area contributed by atoms with Gasteiger partial charge in [-0.3, -0.25) is 4.99 Å². The first-order valence-corrected chi connectivity index (χ1v) is 9.86. The molecule has 0 spiro atoms. The largest absolute Gasteiger partial charge is 0.430 e. The van der Waals surface area contributed by atoms with Crippen LogP contribution in [0.15, 0.2) is 90.1 Å². The van der Waals surface area contributed by atoms with Crippen LogP contribution in [0.3, 0.4) is 0 Å². The SMILES string of the molecule is C=C(C)OC(=O)[C@H](Cc1ccc(C)c(F)c1F)N=C(c1ccccc1)c1ccccc1. The van der Waals surface area contributed by atoms with E-state index in [1.54, 1.807) is 6.92 Å². The smallest absolute Gasteiger partial charge is 0.336 e. The van der Waals surface area contributed by atoms with E-state index < -0.39 is 23.6 Å². The second kappa shape index (κ2) is 9.94. The van der Waals surface area contributed by atoms with Crippen molar-refractivity contribution >= 4 is 11.7 Å². The average molecular weight is 419 g/mol. The van der Waals surface area contributed by atoms with Crippen molar-refractivity contribution in [3.05, 3.63) is 119 Å². The normalized spacial score (nSPS) is 11.5. The molecule has 0 N–H and O–H groups in total. The Kier molecular flexibility index (Phi) is 7.08. The zero-order chi connectivity index (χ0) is 22.4. The number of carbonyl (C=O) groups excluding carboxylic acids is 1. The van der Waals surface area contributed by atoms with Crippen LogP contribution in [0.25, 0.3) is 0 Å². The number of aliphatic imine (C=N–C) groups is 1. The van der Waals surface area contributed by atoms with Crippen LogP contribution in [-0.2, 0) is 16.0 Å². The number of hydrogen-bond acceptors (Lipinski definition) is 3. The van der Waals surface area contributed by atoms with Gasteiger partial charge < -0.3 is 4.74 Å². The summed E-state index contributed by atoms with van der Waals surface area (Å²) in [4.78, 5) is 17.5. The summed E-state index contributed by atoms with van der Waals surface area (Å²) in [5.74, 6) is -2.40. The molecule has 3 rings (SSSR count). The zero-order valence-electron chi connectivity index (χ0n) is 17.4. The van der Waals surface area contributed by atoms with Crippen LogP contribution >= 0.6 is 0 Å². The van der Waals surface area contributed by atoms with Crippen molar-refractivity contribution in [2.45, 2.75) is 26.3 Å². The van der Waals surface area contributed by atoms with E-state index in [0.717, 1.165) is 11.1 Å². The van der Waals surface area contributed by atoms with E-state index in [4.69, 9.17) is 4.74 Å². The quantitative estimate of drug-likeness (QED) is 0.276. The molecule has 31 heavy (non-hydrogen) atoms. The molecule has 3 aromatic carbocycles. The molecule has 0 saturated carbocycles. The van der Waals surface area contributed by atoms with Crippen LogP contribution in [0, 0.1) is 18.6 Å². The molecule has 1 atom stereocenters. The third-order valence-electron chi connectivity index (χ3n) is 4.69. The Bertz CT molecular complexity index is 1070. The molecule has 158 valence electrons. The lowest BCUT2D eigenvalue weighted by molar-refractivity contribution is -0.140. The fourth-order valence-corrected chi connectivity index (χ4v) is 3.14. The summed E-state index contributed by atoms with van der Waals surface area (Å²) in [6, 6.07) is 20.6. The molecule has 0 aliphatic rings. The van der Waals surface area contributed by atoms with Gasteiger partial charge in [-0.1, -0.05) is 79.4 Å². The number of rotatable bonds is 7. The van der Waals surface area contributed by atoms with E-state index >= 15 is 0 Å². The van der Waals surface area contributed by atoms with Gasteiger partial charge in [0.1, 0.15) is 0 Å². The molecule has 5 heteroatoms. The number of aryl methyl sites for hydroxylation is 1. The van der Waals surface area contributed by atoms with Crippen molar-refractivity contribution in [2.75, 3.05) is 0 Å². The van der Waals surface area contributed by atoms with Crippen molar-refractivity contribution < 1.29 is 18.3 Å². The molecule has 0 bridgehead atoms. The zero-order valence-corrected chi connectivity index (χ0v) is 17.4. The first-order chi connectivity index (χ1) is 14.9. The summed E-state index contributed by atoms with van der Waals surface area (Å²) in [5.41, 5.74) is 2.38. The Labute approximate surface area is 180 Å². The Balaban J connectivity index is 2.10. The summed E-state index contributed by atoms with van der Waals surface area (Å²) in [6.07, 6.45) is -0.154. The maximum absolute atomic E-state index is 14.5. The van der Waals surface area contributed by atoms with Gasteiger partial charge in [-0.25, -0.2) is 13.6 Å². The number of hydrogen-bond donors (Lipinski definition) is 0. The Hall–Kier alpha value is -3.60. The number of allylic oxidation sites excluding steroid dienone is 1. The summed E-state index contributed by atoms with van der Waals surface area (Å²) < 4.78 is 33.8.